The molecule has 1 aromatic rings. The molecule has 0 aliphatic rings. The molecule has 0 bridgehead atoms. The van der Waals surface area contributed by atoms with Crippen LogP contribution < -0.4 is 15.4 Å². The number of alkyl halides is 5. The lowest BCUT2D eigenvalue weighted by Gasteiger charge is -2.15. The summed E-state index contributed by atoms with van der Waals surface area (Å²) in [5, 5.41) is 6.10. The van der Waals surface area contributed by atoms with Crippen LogP contribution in [0.1, 0.15) is 12.0 Å². The van der Waals surface area contributed by atoms with Crippen molar-refractivity contribution >= 4 is 17.6 Å². The first kappa shape index (κ1) is 22.2. The van der Waals surface area contributed by atoms with E-state index in [9.17, 15) is 22.0 Å². The Morgan fingerprint density at radius 2 is 2.00 bits per heavy atom. The zero-order valence-electron chi connectivity index (χ0n) is 13.9. The van der Waals surface area contributed by atoms with Gasteiger partial charge in [-0.1, -0.05) is 11.6 Å². The number of nitrogens with one attached hydrogen (secondary N) is 2. The molecule has 1 rings (SSSR count). The van der Waals surface area contributed by atoms with E-state index in [1.54, 1.807) is 0 Å². The summed E-state index contributed by atoms with van der Waals surface area (Å²) in [7, 11) is 1.49. The minimum absolute atomic E-state index is 0.0205. The van der Waals surface area contributed by atoms with Crippen LogP contribution in [0.15, 0.2) is 23.2 Å². The van der Waals surface area contributed by atoms with E-state index in [4.69, 9.17) is 11.6 Å². The SMILES string of the molecule is CN=C(NCCCOCC(F)(F)F)NCc1cc(Cl)ccc1OC(F)F. The highest BCUT2D eigenvalue weighted by molar-refractivity contribution is 6.30. The van der Waals surface area contributed by atoms with Crippen LogP contribution in [0.5, 0.6) is 5.75 Å². The molecule has 26 heavy (non-hydrogen) atoms. The van der Waals surface area contributed by atoms with Crippen LogP contribution in [-0.4, -0.2) is 45.6 Å². The summed E-state index contributed by atoms with van der Waals surface area (Å²) in [5.74, 6) is 0.316. The Balaban J connectivity index is 2.41. The van der Waals surface area contributed by atoms with Gasteiger partial charge < -0.3 is 20.1 Å². The van der Waals surface area contributed by atoms with Gasteiger partial charge in [-0.25, -0.2) is 0 Å². The fourth-order valence-corrected chi connectivity index (χ4v) is 2.06. The highest BCUT2D eigenvalue weighted by Gasteiger charge is 2.27. The molecule has 0 atom stereocenters. The first-order chi connectivity index (χ1) is 12.2. The van der Waals surface area contributed by atoms with E-state index < -0.39 is 19.4 Å². The molecule has 0 aliphatic carbocycles. The Morgan fingerprint density at radius 1 is 1.27 bits per heavy atom. The van der Waals surface area contributed by atoms with Crippen molar-refractivity contribution in [1.29, 1.82) is 0 Å². The van der Waals surface area contributed by atoms with Gasteiger partial charge in [0.05, 0.1) is 0 Å². The summed E-state index contributed by atoms with van der Waals surface area (Å²) >= 11 is 5.86. The summed E-state index contributed by atoms with van der Waals surface area (Å²) in [5.41, 5.74) is 0.397. The zero-order chi connectivity index (χ0) is 19.6. The van der Waals surface area contributed by atoms with Crippen molar-refractivity contribution in [3.63, 3.8) is 0 Å². The van der Waals surface area contributed by atoms with Crippen LogP contribution in [0.3, 0.4) is 0 Å². The maximum absolute atomic E-state index is 12.4. The third kappa shape index (κ3) is 9.62. The van der Waals surface area contributed by atoms with Gasteiger partial charge in [0.2, 0.25) is 0 Å². The predicted octanol–water partition coefficient (Wildman–Crippen LogP) is 3.58. The molecule has 1 aromatic carbocycles. The predicted molar refractivity (Wildman–Crippen MR) is 87.8 cm³/mol. The average molecular weight is 404 g/mol. The first-order valence-corrected chi connectivity index (χ1v) is 7.91. The van der Waals surface area contributed by atoms with E-state index in [0.717, 1.165) is 0 Å². The number of benzene rings is 1. The van der Waals surface area contributed by atoms with Crippen molar-refractivity contribution in [2.45, 2.75) is 25.8 Å². The Bertz CT molecular complexity index is 585. The van der Waals surface area contributed by atoms with Crippen molar-refractivity contribution in [3.8, 4) is 5.75 Å². The van der Waals surface area contributed by atoms with E-state index in [1.807, 2.05) is 0 Å². The van der Waals surface area contributed by atoms with Crippen LogP contribution in [0.4, 0.5) is 22.0 Å². The van der Waals surface area contributed by atoms with Crippen molar-refractivity contribution < 1.29 is 31.4 Å². The Hall–Kier alpha value is -1.81. The molecule has 0 aromatic heterocycles. The fraction of sp³-hybridized carbons (Fsp3) is 0.533. The van der Waals surface area contributed by atoms with Crippen molar-refractivity contribution in [3.05, 3.63) is 28.8 Å². The van der Waals surface area contributed by atoms with Gasteiger partial charge in [0.15, 0.2) is 5.96 Å². The van der Waals surface area contributed by atoms with Gasteiger partial charge in [0.1, 0.15) is 12.4 Å². The molecular weight excluding hydrogens is 385 g/mol. The molecule has 0 saturated heterocycles. The van der Waals surface area contributed by atoms with Gasteiger partial charge >= 0.3 is 12.8 Å². The lowest BCUT2D eigenvalue weighted by molar-refractivity contribution is -0.173. The minimum Gasteiger partial charge on any atom is -0.434 e. The Kier molecular flexibility index (Phi) is 9.42. The second-order valence-electron chi connectivity index (χ2n) is 5.00. The molecular formula is C15H19ClF5N3O2. The second-order valence-corrected chi connectivity index (χ2v) is 5.44. The molecule has 0 unspecified atom stereocenters. The molecule has 0 saturated carbocycles. The standard InChI is InChI=1S/C15H19ClF5N3O2/c1-22-14(23-5-2-6-25-9-15(19,20)21)24-8-10-7-11(16)3-4-12(10)26-13(17)18/h3-4,7,13H,2,5-6,8-9H2,1H3,(H2,22,23,24). The van der Waals surface area contributed by atoms with Crippen molar-refractivity contribution in [1.82, 2.24) is 10.6 Å². The first-order valence-electron chi connectivity index (χ1n) is 7.53. The lowest BCUT2D eigenvalue weighted by Crippen LogP contribution is -2.37. The average Bonchev–Trinajstić information content (AvgIpc) is 2.54. The summed E-state index contributed by atoms with van der Waals surface area (Å²) in [6.45, 7) is -3.91. The van der Waals surface area contributed by atoms with Gasteiger partial charge in [-0.15, -0.1) is 0 Å². The third-order valence-electron chi connectivity index (χ3n) is 2.93. The number of aliphatic imine (C=N–C) groups is 1. The van der Waals surface area contributed by atoms with E-state index in [1.165, 1.54) is 25.2 Å². The maximum Gasteiger partial charge on any atom is 0.411 e. The van der Waals surface area contributed by atoms with Gasteiger partial charge in [-0.3, -0.25) is 4.99 Å². The normalized spacial score (nSPS) is 12.4. The van der Waals surface area contributed by atoms with Gasteiger partial charge in [0.25, 0.3) is 0 Å². The molecule has 0 amide bonds. The summed E-state index contributed by atoms with van der Waals surface area (Å²) in [4.78, 5) is 3.92. The lowest BCUT2D eigenvalue weighted by atomic mass is 10.2. The molecule has 0 fully saturated rings. The third-order valence-corrected chi connectivity index (χ3v) is 3.17. The van der Waals surface area contributed by atoms with Crippen LogP contribution in [0, 0.1) is 0 Å². The highest BCUT2D eigenvalue weighted by atomic mass is 35.5. The number of guanidine groups is 1. The number of nitrogens with zero attached hydrogens (tertiary/aromatic N) is 1. The maximum atomic E-state index is 12.4. The summed E-state index contributed by atoms with van der Waals surface area (Å²) in [6, 6.07) is 4.24. The zero-order valence-corrected chi connectivity index (χ0v) is 14.6. The summed E-state index contributed by atoms with van der Waals surface area (Å²) < 4.78 is 69.5. The minimum atomic E-state index is -4.35. The van der Waals surface area contributed by atoms with Gasteiger partial charge in [0, 0.05) is 37.3 Å². The second kappa shape index (κ2) is 11.0. The quantitative estimate of drug-likeness (QED) is 0.286. The number of ether oxygens (including phenoxy) is 2. The molecule has 0 aliphatic heterocycles. The number of halogens is 6. The van der Waals surface area contributed by atoms with Crippen molar-refractivity contribution in [2.24, 2.45) is 4.99 Å². The molecule has 5 nitrogen and oxygen atoms in total. The molecule has 0 spiro atoms. The summed E-state index contributed by atoms with van der Waals surface area (Å²) in [6.07, 6.45) is -4.02. The Labute approximate surface area is 152 Å². The van der Waals surface area contributed by atoms with Crippen LogP contribution in [0.25, 0.3) is 0 Å². The largest absolute Gasteiger partial charge is 0.434 e. The number of rotatable bonds is 9. The smallest absolute Gasteiger partial charge is 0.411 e. The van der Waals surface area contributed by atoms with E-state index >= 15 is 0 Å². The topological polar surface area (TPSA) is 54.9 Å². The van der Waals surface area contributed by atoms with E-state index in [2.05, 4.69) is 25.1 Å². The van der Waals surface area contributed by atoms with E-state index in [0.29, 0.717) is 29.5 Å². The molecule has 11 heteroatoms. The molecule has 0 radical (unpaired) electrons. The van der Waals surface area contributed by atoms with Gasteiger partial charge in [-0.2, -0.15) is 22.0 Å². The van der Waals surface area contributed by atoms with E-state index in [-0.39, 0.29) is 18.9 Å². The van der Waals surface area contributed by atoms with Crippen LogP contribution in [0.2, 0.25) is 5.02 Å². The van der Waals surface area contributed by atoms with Gasteiger partial charge in [-0.05, 0) is 24.6 Å². The number of hydrogen-bond donors (Lipinski definition) is 2. The number of hydrogen-bond acceptors (Lipinski definition) is 3. The monoisotopic (exact) mass is 403 g/mol. The van der Waals surface area contributed by atoms with Crippen LogP contribution >= 0.6 is 11.6 Å². The molecule has 2 N–H and O–H groups in total. The molecule has 148 valence electrons. The molecule has 0 heterocycles. The van der Waals surface area contributed by atoms with Crippen molar-refractivity contribution in [2.75, 3.05) is 26.8 Å². The van der Waals surface area contributed by atoms with Crippen LogP contribution in [-0.2, 0) is 11.3 Å². The fourth-order valence-electron chi connectivity index (χ4n) is 1.87. The Morgan fingerprint density at radius 3 is 2.62 bits per heavy atom. The highest BCUT2D eigenvalue weighted by Crippen LogP contribution is 2.24.